The summed E-state index contributed by atoms with van der Waals surface area (Å²) in [6.07, 6.45) is 2.84. The summed E-state index contributed by atoms with van der Waals surface area (Å²) < 4.78 is 0. The monoisotopic (exact) mass is 293 g/mol. The number of aromatic nitrogens is 2. The number of alkyl halides is 1. The molecule has 0 aliphatic carbocycles. The van der Waals surface area contributed by atoms with Crippen LogP contribution in [0.3, 0.4) is 0 Å². The van der Waals surface area contributed by atoms with E-state index in [9.17, 15) is 0 Å². The van der Waals surface area contributed by atoms with Crippen LogP contribution in [0.4, 0.5) is 5.82 Å². The topological polar surface area (TPSA) is 37.8 Å². The Labute approximate surface area is 110 Å². The minimum atomic E-state index is 0.375. The lowest BCUT2D eigenvalue weighted by molar-refractivity contribution is 0.705. The van der Waals surface area contributed by atoms with Crippen LogP contribution in [0.2, 0.25) is 0 Å². The summed E-state index contributed by atoms with van der Waals surface area (Å²) in [5.41, 5.74) is 1.86. The van der Waals surface area contributed by atoms with E-state index < -0.39 is 0 Å². The van der Waals surface area contributed by atoms with Gasteiger partial charge in [0.15, 0.2) is 0 Å². The highest BCUT2D eigenvalue weighted by molar-refractivity contribution is 9.09. The van der Waals surface area contributed by atoms with Crippen LogP contribution in [0.5, 0.6) is 0 Å². The standard InChI is InChI=1S/C13H16BrN3/c1-9(14)7-10(2)16-13-8-15-11-5-3-4-6-12(11)17-13/h3-6,8-10H,7H2,1-2H3,(H,16,17). The average molecular weight is 294 g/mol. The van der Waals surface area contributed by atoms with Crippen molar-refractivity contribution in [3.63, 3.8) is 0 Å². The summed E-state index contributed by atoms with van der Waals surface area (Å²) >= 11 is 3.55. The Morgan fingerprint density at radius 1 is 1.24 bits per heavy atom. The minimum Gasteiger partial charge on any atom is -0.366 e. The van der Waals surface area contributed by atoms with E-state index in [0.717, 1.165) is 23.3 Å². The van der Waals surface area contributed by atoms with Gasteiger partial charge in [-0.1, -0.05) is 35.0 Å². The van der Waals surface area contributed by atoms with Crippen molar-refractivity contribution in [2.24, 2.45) is 0 Å². The summed E-state index contributed by atoms with van der Waals surface area (Å²) in [6, 6.07) is 8.27. The fraction of sp³-hybridized carbons (Fsp3) is 0.385. The van der Waals surface area contributed by atoms with Crippen molar-refractivity contribution in [2.45, 2.75) is 31.1 Å². The highest BCUT2D eigenvalue weighted by Crippen LogP contribution is 2.14. The molecular weight excluding hydrogens is 278 g/mol. The van der Waals surface area contributed by atoms with Crippen molar-refractivity contribution >= 4 is 32.8 Å². The molecule has 17 heavy (non-hydrogen) atoms. The number of fused-ring (bicyclic) bond motifs is 1. The van der Waals surface area contributed by atoms with Gasteiger partial charge in [-0.3, -0.25) is 4.98 Å². The van der Waals surface area contributed by atoms with Gasteiger partial charge in [-0.2, -0.15) is 0 Å². The molecule has 0 saturated heterocycles. The van der Waals surface area contributed by atoms with Gasteiger partial charge in [0.05, 0.1) is 17.2 Å². The molecule has 2 aromatic rings. The maximum Gasteiger partial charge on any atom is 0.145 e. The predicted molar refractivity (Wildman–Crippen MR) is 75.6 cm³/mol. The second-order valence-electron chi connectivity index (χ2n) is 4.31. The van der Waals surface area contributed by atoms with Gasteiger partial charge in [-0.25, -0.2) is 4.98 Å². The molecule has 0 fully saturated rings. The van der Waals surface area contributed by atoms with Gasteiger partial charge in [0.2, 0.25) is 0 Å². The first kappa shape index (κ1) is 12.3. The molecule has 90 valence electrons. The Bertz CT molecular complexity index is 499. The first-order valence-electron chi connectivity index (χ1n) is 5.77. The molecule has 1 aromatic carbocycles. The number of halogens is 1. The van der Waals surface area contributed by atoms with E-state index in [1.165, 1.54) is 0 Å². The van der Waals surface area contributed by atoms with E-state index >= 15 is 0 Å². The van der Waals surface area contributed by atoms with Crippen LogP contribution in [0, 0.1) is 0 Å². The van der Waals surface area contributed by atoms with Gasteiger partial charge in [0, 0.05) is 10.9 Å². The molecule has 1 heterocycles. The molecule has 1 N–H and O–H groups in total. The predicted octanol–water partition coefficient (Wildman–Crippen LogP) is 3.60. The fourth-order valence-electron chi connectivity index (χ4n) is 1.83. The van der Waals surface area contributed by atoms with Gasteiger partial charge >= 0.3 is 0 Å². The number of nitrogens with zero attached hydrogens (tertiary/aromatic N) is 2. The third kappa shape index (κ3) is 3.40. The maximum atomic E-state index is 4.53. The molecule has 0 aliphatic heterocycles. The Kier molecular flexibility index (Phi) is 3.94. The summed E-state index contributed by atoms with van der Waals surface area (Å²) in [5, 5.41) is 3.36. The molecule has 4 heteroatoms. The smallest absolute Gasteiger partial charge is 0.145 e. The lowest BCUT2D eigenvalue weighted by Gasteiger charge is -2.15. The SMILES string of the molecule is CC(Br)CC(C)Nc1cnc2ccccc2n1. The Balaban J connectivity index is 2.14. The minimum absolute atomic E-state index is 0.375. The molecular formula is C13H16BrN3. The molecule has 0 bridgehead atoms. The number of benzene rings is 1. The van der Waals surface area contributed by atoms with E-state index in [1.807, 2.05) is 24.3 Å². The first-order chi connectivity index (χ1) is 8.15. The van der Waals surface area contributed by atoms with Crippen LogP contribution in [-0.2, 0) is 0 Å². The van der Waals surface area contributed by atoms with Gasteiger partial charge < -0.3 is 5.32 Å². The number of hydrogen-bond acceptors (Lipinski definition) is 3. The van der Waals surface area contributed by atoms with E-state index in [2.05, 4.69) is 45.1 Å². The maximum absolute atomic E-state index is 4.53. The zero-order valence-corrected chi connectivity index (χ0v) is 11.6. The number of hydrogen-bond donors (Lipinski definition) is 1. The number of para-hydroxylation sites is 2. The van der Waals surface area contributed by atoms with Gasteiger partial charge in [-0.15, -0.1) is 0 Å². The quantitative estimate of drug-likeness (QED) is 0.875. The molecule has 0 amide bonds. The molecule has 1 aromatic heterocycles. The van der Waals surface area contributed by atoms with Gasteiger partial charge in [0.25, 0.3) is 0 Å². The summed E-state index contributed by atoms with van der Waals surface area (Å²) in [4.78, 5) is 9.41. The van der Waals surface area contributed by atoms with Crippen molar-refractivity contribution in [3.05, 3.63) is 30.5 Å². The van der Waals surface area contributed by atoms with Gasteiger partial charge in [0.1, 0.15) is 5.82 Å². The van der Waals surface area contributed by atoms with E-state index in [0.29, 0.717) is 10.9 Å². The number of nitrogens with one attached hydrogen (secondary N) is 1. The molecule has 0 saturated carbocycles. The van der Waals surface area contributed by atoms with Crippen molar-refractivity contribution in [1.82, 2.24) is 9.97 Å². The first-order valence-corrected chi connectivity index (χ1v) is 6.69. The highest BCUT2D eigenvalue weighted by Gasteiger charge is 2.07. The van der Waals surface area contributed by atoms with Crippen molar-refractivity contribution < 1.29 is 0 Å². The second-order valence-corrected chi connectivity index (χ2v) is 5.87. The molecule has 0 aliphatic rings. The lowest BCUT2D eigenvalue weighted by Crippen LogP contribution is -2.19. The van der Waals surface area contributed by atoms with Crippen LogP contribution in [-0.4, -0.2) is 20.8 Å². The zero-order valence-electron chi connectivity index (χ0n) is 10.0. The normalized spacial score (nSPS) is 14.5. The summed E-state index contributed by atoms with van der Waals surface area (Å²) in [5.74, 6) is 0.837. The van der Waals surface area contributed by atoms with Crippen molar-refractivity contribution in [3.8, 4) is 0 Å². The molecule has 2 rings (SSSR count). The third-order valence-electron chi connectivity index (χ3n) is 2.52. The third-order valence-corrected chi connectivity index (χ3v) is 2.90. The molecule has 2 unspecified atom stereocenters. The number of rotatable bonds is 4. The largest absolute Gasteiger partial charge is 0.366 e. The van der Waals surface area contributed by atoms with E-state index in [-0.39, 0.29) is 0 Å². The molecule has 0 spiro atoms. The Hall–Kier alpha value is -1.16. The highest BCUT2D eigenvalue weighted by atomic mass is 79.9. The molecule has 2 atom stereocenters. The van der Waals surface area contributed by atoms with Crippen molar-refractivity contribution in [2.75, 3.05) is 5.32 Å². The van der Waals surface area contributed by atoms with Gasteiger partial charge in [-0.05, 0) is 25.5 Å². The van der Waals surface area contributed by atoms with Crippen LogP contribution in [0.1, 0.15) is 20.3 Å². The second kappa shape index (κ2) is 5.45. The zero-order chi connectivity index (χ0) is 12.3. The summed E-state index contributed by atoms with van der Waals surface area (Å²) in [6.45, 7) is 4.29. The fourth-order valence-corrected chi connectivity index (χ4v) is 2.39. The average Bonchev–Trinajstić information content (AvgIpc) is 2.27. The molecule has 0 radical (unpaired) electrons. The Morgan fingerprint density at radius 3 is 2.65 bits per heavy atom. The number of anilines is 1. The lowest BCUT2D eigenvalue weighted by atomic mass is 10.2. The van der Waals surface area contributed by atoms with Crippen LogP contribution < -0.4 is 5.32 Å². The van der Waals surface area contributed by atoms with Crippen LogP contribution in [0.25, 0.3) is 11.0 Å². The van der Waals surface area contributed by atoms with E-state index in [4.69, 9.17) is 0 Å². The molecule has 3 nitrogen and oxygen atoms in total. The summed E-state index contributed by atoms with van der Waals surface area (Å²) in [7, 11) is 0. The van der Waals surface area contributed by atoms with Crippen LogP contribution >= 0.6 is 15.9 Å². The van der Waals surface area contributed by atoms with Crippen LogP contribution in [0.15, 0.2) is 30.5 Å². The van der Waals surface area contributed by atoms with Crippen molar-refractivity contribution in [1.29, 1.82) is 0 Å². The Morgan fingerprint density at radius 2 is 1.94 bits per heavy atom. The van der Waals surface area contributed by atoms with E-state index in [1.54, 1.807) is 6.20 Å².